The summed E-state index contributed by atoms with van der Waals surface area (Å²) in [5.74, 6) is 1.24. The Bertz CT molecular complexity index is 619. The van der Waals surface area contributed by atoms with Crippen molar-refractivity contribution in [1.82, 2.24) is 4.90 Å². The first-order valence-corrected chi connectivity index (χ1v) is 9.52. The number of sulfone groups is 1. The molecule has 1 amide bonds. The third-order valence-electron chi connectivity index (χ3n) is 4.00. The molecule has 1 aromatic carbocycles. The topological polar surface area (TPSA) is 63.7 Å². The molecule has 0 unspecified atom stereocenters. The lowest BCUT2D eigenvalue weighted by Crippen LogP contribution is -2.40. The average molecular weight is 325 g/mol. The van der Waals surface area contributed by atoms with E-state index in [4.69, 9.17) is 4.74 Å². The fraction of sp³-hybridized carbons (Fsp3) is 0.562. The predicted molar refractivity (Wildman–Crippen MR) is 85.7 cm³/mol. The van der Waals surface area contributed by atoms with Crippen LogP contribution < -0.4 is 4.74 Å². The molecule has 0 spiro atoms. The van der Waals surface area contributed by atoms with Crippen molar-refractivity contribution in [2.24, 2.45) is 5.92 Å². The van der Waals surface area contributed by atoms with Crippen LogP contribution >= 0.6 is 0 Å². The van der Waals surface area contributed by atoms with E-state index in [1.54, 1.807) is 7.11 Å². The second-order valence-electron chi connectivity index (χ2n) is 5.94. The molecule has 0 bridgehead atoms. The lowest BCUT2D eigenvalue weighted by molar-refractivity contribution is -0.131. The van der Waals surface area contributed by atoms with Crippen LogP contribution in [0.1, 0.15) is 18.4 Å². The van der Waals surface area contributed by atoms with Crippen LogP contribution in [-0.2, 0) is 21.1 Å². The highest BCUT2D eigenvalue weighted by molar-refractivity contribution is 7.90. The van der Waals surface area contributed by atoms with Crippen molar-refractivity contribution in [1.29, 1.82) is 0 Å². The standard InChI is InChI=1S/C16H23NO4S/c1-21-15-5-3-4-14(10-15)11-16(18)17-8-6-13(7-9-17)12-22(2,19)20/h3-5,10,13H,6-9,11-12H2,1-2H3. The Hall–Kier alpha value is -1.56. The molecule has 1 aromatic rings. The average Bonchev–Trinajstić information content (AvgIpc) is 2.46. The van der Waals surface area contributed by atoms with E-state index in [0.717, 1.165) is 24.2 Å². The van der Waals surface area contributed by atoms with Crippen molar-refractivity contribution in [2.75, 3.05) is 32.2 Å². The zero-order valence-electron chi connectivity index (χ0n) is 13.1. The Morgan fingerprint density at radius 3 is 2.59 bits per heavy atom. The van der Waals surface area contributed by atoms with Gasteiger partial charge in [-0.25, -0.2) is 8.42 Å². The molecule has 1 aliphatic rings. The van der Waals surface area contributed by atoms with Gasteiger partial charge in [0.2, 0.25) is 5.91 Å². The molecule has 1 saturated heterocycles. The molecule has 122 valence electrons. The van der Waals surface area contributed by atoms with Gasteiger partial charge >= 0.3 is 0 Å². The van der Waals surface area contributed by atoms with Crippen molar-refractivity contribution in [2.45, 2.75) is 19.3 Å². The molecular formula is C16H23NO4S. The first-order chi connectivity index (χ1) is 10.4. The van der Waals surface area contributed by atoms with E-state index in [0.29, 0.717) is 19.5 Å². The summed E-state index contributed by atoms with van der Waals surface area (Å²) < 4.78 is 27.8. The van der Waals surface area contributed by atoms with Crippen LogP contribution in [0.15, 0.2) is 24.3 Å². The molecule has 1 fully saturated rings. The summed E-state index contributed by atoms with van der Waals surface area (Å²) >= 11 is 0. The first kappa shape index (κ1) is 16.8. The Kier molecular flexibility index (Phi) is 5.45. The van der Waals surface area contributed by atoms with Gasteiger partial charge in [-0.1, -0.05) is 12.1 Å². The Morgan fingerprint density at radius 1 is 1.32 bits per heavy atom. The Morgan fingerprint density at radius 2 is 2.00 bits per heavy atom. The maximum absolute atomic E-state index is 12.3. The number of rotatable bonds is 5. The van der Waals surface area contributed by atoms with E-state index in [9.17, 15) is 13.2 Å². The minimum absolute atomic E-state index is 0.0889. The molecule has 0 aromatic heterocycles. The van der Waals surface area contributed by atoms with E-state index >= 15 is 0 Å². The maximum Gasteiger partial charge on any atom is 0.226 e. The molecule has 1 aliphatic heterocycles. The number of hydrogen-bond donors (Lipinski definition) is 0. The van der Waals surface area contributed by atoms with Crippen LogP contribution in [0.2, 0.25) is 0 Å². The van der Waals surface area contributed by atoms with Gasteiger partial charge in [0.25, 0.3) is 0 Å². The molecule has 2 rings (SSSR count). The van der Waals surface area contributed by atoms with E-state index < -0.39 is 9.84 Å². The van der Waals surface area contributed by atoms with Gasteiger partial charge in [0.05, 0.1) is 19.3 Å². The number of nitrogens with zero attached hydrogens (tertiary/aromatic N) is 1. The number of ether oxygens (including phenoxy) is 1. The monoisotopic (exact) mass is 325 g/mol. The number of amides is 1. The van der Waals surface area contributed by atoms with E-state index in [-0.39, 0.29) is 17.6 Å². The van der Waals surface area contributed by atoms with Crippen molar-refractivity contribution in [3.63, 3.8) is 0 Å². The van der Waals surface area contributed by atoms with Crippen LogP contribution in [0.5, 0.6) is 5.75 Å². The molecule has 0 saturated carbocycles. The fourth-order valence-electron chi connectivity index (χ4n) is 2.85. The minimum atomic E-state index is -2.94. The highest BCUT2D eigenvalue weighted by Gasteiger charge is 2.25. The summed E-state index contributed by atoms with van der Waals surface area (Å²) in [6.45, 7) is 1.28. The highest BCUT2D eigenvalue weighted by Crippen LogP contribution is 2.20. The summed E-state index contributed by atoms with van der Waals surface area (Å²) in [7, 11) is -1.33. The van der Waals surface area contributed by atoms with Gasteiger partial charge in [0.1, 0.15) is 15.6 Å². The first-order valence-electron chi connectivity index (χ1n) is 7.46. The minimum Gasteiger partial charge on any atom is -0.497 e. The summed E-state index contributed by atoms with van der Waals surface area (Å²) in [4.78, 5) is 14.2. The molecular weight excluding hydrogens is 302 g/mol. The number of methoxy groups -OCH3 is 1. The second kappa shape index (κ2) is 7.13. The fourth-order valence-corrected chi connectivity index (χ4v) is 4.04. The molecule has 0 atom stereocenters. The van der Waals surface area contributed by atoms with Crippen LogP contribution in [-0.4, -0.2) is 51.4 Å². The molecule has 1 heterocycles. The molecule has 5 nitrogen and oxygen atoms in total. The predicted octanol–water partition coefficient (Wildman–Crippen LogP) is 1.52. The molecule has 0 aliphatic carbocycles. The van der Waals surface area contributed by atoms with Crippen molar-refractivity contribution in [3.8, 4) is 5.75 Å². The number of hydrogen-bond acceptors (Lipinski definition) is 4. The number of carbonyl (C=O) groups excluding carboxylic acids is 1. The zero-order valence-corrected chi connectivity index (χ0v) is 13.9. The summed E-state index contributed by atoms with van der Waals surface area (Å²) in [6, 6.07) is 7.51. The van der Waals surface area contributed by atoms with Crippen LogP contribution in [0.4, 0.5) is 0 Å². The lowest BCUT2D eigenvalue weighted by Gasteiger charge is -2.31. The third kappa shape index (κ3) is 5.02. The normalized spacial score (nSPS) is 16.5. The molecule has 6 heteroatoms. The van der Waals surface area contributed by atoms with Crippen molar-refractivity contribution >= 4 is 15.7 Å². The highest BCUT2D eigenvalue weighted by atomic mass is 32.2. The summed E-state index contributed by atoms with van der Waals surface area (Å²) in [6.07, 6.45) is 3.15. The quantitative estimate of drug-likeness (QED) is 0.823. The van der Waals surface area contributed by atoms with E-state index in [2.05, 4.69) is 0 Å². The molecule has 22 heavy (non-hydrogen) atoms. The summed E-state index contributed by atoms with van der Waals surface area (Å²) in [5, 5.41) is 0. The second-order valence-corrected chi connectivity index (χ2v) is 8.13. The number of piperidine rings is 1. The molecule has 0 N–H and O–H groups in total. The van der Waals surface area contributed by atoms with Crippen molar-refractivity contribution in [3.05, 3.63) is 29.8 Å². The van der Waals surface area contributed by atoms with Gasteiger partial charge in [-0.15, -0.1) is 0 Å². The maximum atomic E-state index is 12.3. The van der Waals surface area contributed by atoms with Gasteiger partial charge in [-0.05, 0) is 36.5 Å². The SMILES string of the molecule is COc1cccc(CC(=O)N2CCC(CS(C)(=O)=O)CC2)c1. The molecule has 0 radical (unpaired) electrons. The largest absolute Gasteiger partial charge is 0.497 e. The van der Waals surface area contributed by atoms with Crippen molar-refractivity contribution < 1.29 is 17.9 Å². The summed E-state index contributed by atoms with van der Waals surface area (Å²) in [5.41, 5.74) is 0.933. The Labute approximate surface area is 132 Å². The van der Waals surface area contributed by atoms with Gasteiger partial charge in [0, 0.05) is 19.3 Å². The van der Waals surface area contributed by atoms with Crippen LogP contribution in [0, 0.1) is 5.92 Å². The van der Waals surface area contributed by atoms with Gasteiger partial charge in [-0.2, -0.15) is 0 Å². The van der Waals surface area contributed by atoms with Crippen LogP contribution in [0.25, 0.3) is 0 Å². The zero-order chi connectivity index (χ0) is 16.2. The number of benzene rings is 1. The lowest BCUT2D eigenvalue weighted by atomic mass is 9.98. The van der Waals surface area contributed by atoms with Crippen LogP contribution in [0.3, 0.4) is 0 Å². The third-order valence-corrected chi connectivity index (χ3v) is 5.07. The van der Waals surface area contributed by atoms with Gasteiger partial charge < -0.3 is 9.64 Å². The number of likely N-dealkylation sites (tertiary alicyclic amines) is 1. The van der Waals surface area contributed by atoms with Gasteiger partial charge in [0.15, 0.2) is 0 Å². The Balaban J connectivity index is 1.87. The smallest absolute Gasteiger partial charge is 0.226 e. The number of carbonyl (C=O) groups is 1. The van der Waals surface area contributed by atoms with E-state index in [1.807, 2.05) is 29.2 Å². The van der Waals surface area contributed by atoms with E-state index in [1.165, 1.54) is 6.26 Å². The van der Waals surface area contributed by atoms with Gasteiger partial charge in [-0.3, -0.25) is 4.79 Å².